The Morgan fingerprint density at radius 2 is 2.15 bits per heavy atom. The van der Waals surface area contributed by atoms with E-state index in [0.29, 0.717) is 22.7 Å². The van der Waals surface area contributed by atoms with Crippen molar-refractivity contribution < 1.29 is 8.42 Å². The number of rotatable bonds is 6. The van der Waals surface area contributed by atoms with Gasteiger partial charge in [0.05, 0.1) is 4.90 Å². The fraction of sp³-hybridized carbons (Fsp3) is 0.538. The van der Waals surface area contributed by atoms with Crippen LogP contribution in [0.2, 0.25) is 0 Å². The summed E-state index contributed by atoms with van der Waals surface area (Å²) >= 11 is 3.24. The molecule has 7 heteroatoms. The molecule has 0 heterocycles. The van der Waals surface area contributed by atoms with Crippen molar-refractivity contribution in [3.63, 3.8) is 0 Å². The molecule has 0 aliphatic heterocycles. The van der Waals surface area contributed by atoms with Crippen molar-refractivity contribution in [1.29, 1.82) is 0 Å². The molecule has 1 unspecified atom stereocenters. The molecule has 1 saturated carbocycles. The Balaban J connectivity index is 2.03. The summed E-state index contributed by atoms with van der Waals surface area (Å²) in [7, 11) is -1.48. The van der Waals surface area contributed by atoms with Gasteiger partial charge >= 0.3 is 0 Å². The van der Waals surface area contributed by atoms with E-state index in [1.807, 2.05) is 14.0 Å². The first-order valence-electron chi connectivity index (χ1n) is 6.58. The van der Waals surface area contributed by atoms with Gasteiger partial charge < -0.3 is 5.73 Å². The van der Waals surface area contributed by atoms with Gasteiger partial charge in [0.25, 0.3) is 0 Å². The highest BCUT2D eigenvalue weighted by Gasteiger charge is 2.29. The van der Waals surface area contributed by atoms with Gasteiger partial charge in [-0.05, 0) is 60.9 Å². The number of nitrogens with two attached hydrogens (primary N) is 1. The molecule has 1 aromatic carbocycles. The number of anilines is 1. The number of nitrogens with one attached hydrogen (secondary N) is 1. The summed E-state index contributed by atoms with van der Waals surface area (Å²) in [6.07, 6.45) is 2.41. The lowest BCUT2D eigenvalue weighted by atomic mass is 10.3. The normalized spacial score (nSPS) is 17.4. The summed E-state index contributed by atoms with van der Waals surface area (Å²) < 4.78 is 27.7. The molecular formula is C13H20BrN3O2S. The van der Waals surface area contributed by atoms with Gasteiger partial charge in [-0.1, -0.05) is 0 Å². The van der Waals surface area contributed by atoms with Gasteiger partial charge in [0.1, 0.15) is 0 Å². The SMILES string of the molecule is CC(CNS(=O)(=O)c1ccc(N)cc1Br)N(C)C1CC1. The van der Waals surface area contributed by atoms with Crippen LogP contribution in [-0.4, -0.2) is 39.0 Å². The molecule has 112 valence electrons. The molecule has 0 saturated heterocycles. The minimum Gasteiger partial charge on any atom is -0.399 e. The van der Waals surface area contributed by atoms with Crippen LogP contribution in [0.5, 0.6) is 0 Å². The molecule has 2 rings (SSSR count). The number of benzene rings is 1. The van der Waals surface area contributed by atoms with Crippen molar-refractivity contribution in [1.82, 2.24) is 9.62 Å². The maximum absolute atomic E-state index is 12.3. The summed E-state index contributed by atoms with van der Waals surface area (Å²) in [5.41, 5.74) is 6.15. The largest absolute Gasteiger partial charge is 0.399 e. The van der Waals surface area contributed by atoms with E-state index < -0.39 is 10.0 Å². The number of nitrogens with zero attached hydrogens (tertiary/aromatic N) is 1. The quantitative estimate of drug-likeness (QED) is 0.757. The lowest BCUT2D eigenvalue weighted by Crippen LogP contribution is -2.41. The molecule has 5 nitrogen and oxygen atoms in total. The highest BCUT2D eigenvalue weighted by atomic mass is 79.9. The van der Waals surface area contributed by atoms with Crippen molar-refractivity contribution in [3.8, 4) is 0 Å². The molecule has 1 atom stereocenters. The van der Waals surface area contributed by atoms with E-state index >= 15 is 0 Å². The maximum atomic E-state index is 12.3. The number of hydrogen-bond acceptors (Lipinski definition) is 4. The molecular weight excluding hydrogens is 342 g/mol. The topological polar surface area (TPSA) is 75.4 Å². The minimum absolute atomic E-state index is 0.171. The van der Waals surface area contributed by atoms with Gasteiger partial charge in [-0.15, -0.1) is 0 Å². The zero-order valence-corrected chi connectivity index (χ0v) is 14.0. The van der Waals surface area contributed by atoms with Gasteiger partial charge in [0.15, 0.2) is 0 Å². The van der Waals surface area contributed by atoms with E-state index in [0.717, 1.165) is 0 Å². The smallest absolute Gasteiger partial charge is 0.241 e. The minimum atomic E-state index is -3.52. The molecule has 0 radical (unpaired) electrons. The molecule has 1 aromatic rings. The highest BCUT2D eigenvalue weighted by molar-refractivity contribution is 9.10. The number of halogens is 1. The second kappa shape index (κ2) is 6.01. The van der Waals surface area contributed by atoms with Crippen LogP contribution < -0.4 is 10.5 Å². The van der Waals surface area contributed by atoms with Crippen LogP contribution in [0.4, 0.5) is 5.69 Å². The highest BCUT2D eigenvalue weighted by Crippen LogP contribution is 2.27. The van der Waals surface area contributed by atoms with Crippen molar-refractivity contribution in [2.75, 3.05) is 19.3 Å². The van der Waals surface area contributed by atoms with Crippen LogP contribution in [0, 0.1) is 0 Å². The lowest BCUT2D eigenvalue weighted by Gasteiger charge is -2.24. The number of nitrogen functional groups attached to an aromatic ring is 1. The van der Waals surface area contributed by atoms with Gasteiger partial charge in [-0.3, -0.25) is 4.90 Å². The molecule has 0 aromatic heterocycles. The van der Waals surface area contributed by atoms with Gasteiger partial charge in [-0.25, -0.2) is 13.1 Å². The summed E-state index contributed by atoms with van der Waals surface area (Å²) in [5, 5.41) is 0. The number of likely N-dealkylation sites (N-methyl/N-ethyl adjacent to an activating group) is 1. The molecule has 1 fully saturated rings. The first-order chi connectivity index (χ1) is 9.31. The molecule has 20 heavy (non-hydrogen) atoms. The summed E-state index contributed by atoms with van der Waals surface area (Å²) in [4.78, 5) is 2.44. The molecule has 0 spiro atoms. The van der Waals surface area contributed by atoms with E-state index in [1.165, 1.54) is 18.9 Å². The van der Waals surface area contributed by atoms with Gasteiger partial charge in [-0.2, -0.15) is 0 Å². The van der Waals surface area contributed by atoms with Gasteiger partial charge in [0.2, 0.25) is 10.0 Å². The monoisotopic (exact) mass is 361 g/mol. The Morgan fingerprint density at radius 1 is 1.50 bits per heavy atom. The predicted octanol–water partition coefficient (Wildman–Crippen LogP) is 1.79. The fourth-order valence-corrected chi connectivity index (χ4v) is 4.24. The number of hydrogen-bond donors (Lipinski definition) is 2. The second-order valence-electron chi connectivity index (χ2n) is 5.29. The van der Waals surface area contributed by atoms with E-state index in [9.17, 15) is 8.42 Å². The average molecular weight is 362 g/mol. The summed E-state index contributed by atoms with van der Waals surface area (Å²) in [6.45, 7) is 2.42. The molecule has 1 aliphatic carbocycles. The predicted molar refractivity (Wildman–Crippen MR) is 84.0 cm³/mol. The number of sulfonamides is 1. The van der Waals surface area contributed by atoms with Crippen molar-refractivity contribution >= 4 is 31.6 Å². The summed E-state index contributed by atoms with van der Waals surface area (Å²) in [6, 6.07) is 5.47. The van der Waals surface area contributed by atoms with Crippen LogP contribution >= 0.6 is 15.9 Å². The third-order valence-electron chi connectivity index (χ3n) is 3.63. The Bertz CT molecular complexity index is 587. The third kappa shape index (κ3) is 3.72. The van der Waals surface area contributed by atoms with E-state index in [4.69, 9.17) is 5.73 Å². The summed E-state index contributed by atoms with van der Waals surface area (Å²) in [5.74, 6) is 0. The second-order valence-corrected chi connectivity index (χ2v) is 7.88. The van der Waals surface area contributed by atoms with Gasteiger partial charge in [0, 0.05) is 28.8 Å². The van der Waals surface area contributed by atoms with Crippen LogP contribution in [0.1, 0.15) is 19.8 Å². The van der Waals surface area contributed by atoms with Crippen molar-refractivity contribution in [3.05, 3.63) is 22.7 Å². The fourth-order valence-electron chi connectivity index (χ4n) is 2.03. The maximum Gasteiger partial charge on any atom is 0.241 e. The Morgan fingerprint density at radius 3 is 2.70 bits per heavy atom. The van der Waals surface area contributed by atoms with Crippen LogP contribution in [0.15, 0.2) is 27.6 Å². The van der Waals surface area contributed by atoms with E-state index in [-0.39, 0.29) is 10.9 Å². The average Bonchev–Trinajstić information content (AvgIpc) is 3.18. The van der Waals surface area contributed by atoms with Crippen molar-refractivity contribution in [2.24, 2.45) is 0 Å². The zero-order chi connectivity index (χ0) is 14.9. The van der Waals surface area contributed by atoms with Crippen molar-refractivity contribution in [2.45, 2.75) is 36.7 Å². The molecule has 3 N–H and O–H groups in total. The standard InChI is InChI=1S/C13H20BrN3O2S/c1-9(17(2)11-4-5-11)8-16-20(18,19)13-6-3-10(15)7-12(13)14/h3,6-7,9,11,16H,4-5,8,15H2,1-2H3. The lowest BCUT2D eigenvalue weighted by molar-refractivity contribution is 0.248. The van der Waals surface area contributed by atoms with Crippen LogP contribution in [0.25, 0.3) is 0 Å². The van der Waals surface area contributed by atoms with E-state index in [1.54, 1.807) is 12.1 Å². The van der Waals surface area contributed by atoms with E-state index in [2.05, 4.69) is 25.6 Å². The zero-order valence-electron chi connectivity index (χ0n) is 11.6. The molecule has 0 bridgehead atoms. The Labute approximate surface area is 128 Å². The third-order valence-corrected chi connectivity index (χ3v) is 6.03. The van der Waals surface area contributed by atoms with Crippen LogP contribution in [0.3, 0.4) is 0 Å². The molecule has 0 amide bonds. The Kier molecular flexibility index (Phi) is 4.73. The first-order valence-corrected chi connectivity index (χ1v) is 8.85. The molecule has 1 aliphatic rings. The Hall–Kier alpha value is -0.630. The first kappa shape index (κ1) is 15.8. The van der Waals surface area contributed by atoms with Crippen LogP contribution in [-0.2, 0) is 10.0 Å².